The molecule has 9 nitrogen and oxygen atoms in total. The summed E-state index contributed by atoms with van der Waals surface area (Å²) in [4.78, 5) is 9.58. The number of nitrogens with zero attached hydrogens (tertiary/aromatic N) is 6. The van der Waals surface area contributed by atoms with Crippen LogP contribution in [0.15, 0.2) is 53.8 Å². The van der Waals surface area contributed by atoms with Crippen molar-refractivity contribution in [1.82, 2.24) is 24.3 Å². The van der Waals surface area contributed by atoms with E-state index < -0.39 is 0 Å². The highest BCUT2D eigenvalue weighted by Crippen LogP contribution is 2.36. The molecule has 172 valence electrons. The molecule has 2 aromatic carbocycles. The highest BCUT2D eigenvalue weighted by molar-refractivity contribution is 6.31. The first kappa shape index (κ1) is 20.9. The third-order valence-corrected chi connectivity index (χ3v) is 6.32. The lowest BCUT2D eigenvalue weighted by Gasteiger charge is -2.10. The van der Waals surface area contributed by atoms with Gasteiger partial charge < -0.3 is 18.8 Å². The van der Waals surface area contributed by atoms with Crippen molar-refractivity contribution >= 4 is 17.5 Å². The summed E-state index contributed by atoms with van der Waals surface area (Å²) in [5.41, 5.74) is 4.36. The number of halogens is 1. The zero-order chi connectivity index (χ0) is 23.2. The Labute approximate surface area is 200 Å². The minimum absolute atomic E-state index is 0.171. The number of aromatic nitrogens is 5. The van der Waals surface area contributed by atoms with E-state index in [0.29, 0.717) is 42.2 Å². The van der Waals surface area contributed by atoms with Gasteiger partial charge in [0.05, 0.1) is 25.0 Å². The minimum Gasteiger partial charge on any atom is -0.496 e. The van der Waals surface area contributed by atoms with Crippen LogP contribution in [-0.2, 0) is 22.6 Å². The largest absolute Gasteiger partial charge is 0.496 e. The van der Waals surface area contributed by atoms with Gasteiger partial charge in [0, 0.05) is 23.3 Å². The molecule has 6 rings (SSSR count). The average Bonchev–Trinajstić information content (AvgIpc) is 3.57. The van der Waals surface area contributed by atoms with E-state index in [-0.39, 0.29) is 6.04 Å². The number of methoxy groups -OCH3 is 2. The van der Waals surface area contributed by atoms with Crippen LogP contribution in [0.2, 0.25) is 5.02 Å². The van der Waals surface area contributed by atoms with E-state index in [1.54, 1.807) is 20.5 Å². The Morgan fingerprint density at radius 3 is 2.88 bits per heavy atom. The van der Waals surface area contributed by atoms with E-state index in [0.717, 1.165) is 34.1 Å². The van der Waals surface area contributed by atoms with Gasteiger partial charge in [0.1, 0.15) is 37.0 Å². The van der Waals surface area contributed by atoms with Crippen LogP contribution in [-0.4, -0.2) is 51.0 Å². The molecule has 0 fully saturated rings. The van der Waals surface area contributed by atoms with Crippen LogP contribution in [0.4, 0.5) is 0 Å². The second-order valence-electron chi connectivity index (χ2n) is 8.03. The molecule has 0 saturated heterocycles. The van der Waals surface area contributed by atoms with Crippen molar-refractivity contribution in [3.8, 4) is 22.8 Å². The van der Waals surface area contributed by atoms with Crippen molar-refractivity contribution in [2.75, 3.05) is 20.8 Å². The van der Waals surface area contributed by atoms with E-state index in [9.17, 15) is 0 Å². The Morgan fingerprint density at radius 2 is 2.03 bits per heavy atom. The van der Waals surface area contributed by atoms with E-state index in [4.69, 9.17) is 35.8 Å². The Balaban J connectivity index is 1.48. The number of para-hydroxylation sites is 1. The van der Waals surface area contributed by atoms with Crippen molar-refractivity contribution in [2.45, 2.75) is 19.2 Å². The predicted octanol–water partition coefficient (Wildman–Crippen LogP) is 3.82. The molecule has 0 aliphatic carbocycles. The molecule has 10 heteroatoms. The second kappa shape index (κ2) is 8.27. The van der Waals surface area contributed by atoms with E-state index in [1.807, 2.05) is 51.6 Å². The maximum absolute atomic E-state index is 6.34. The number of imidazole rings is 1. The predicted molar refractivity (Wildman–Crippen MR) is 126 cm³/mol. The van der Waals surface area contributed by atoms with Crippen LogP contribution in [0.25, 0.3) is 17.1 Å². The molecule has 0 spiro atoms. The second-order valence-corrected chi connectivity index (χ2v) is 8.47. The Morgan fingerprint density at radius 1 is 1.15 bits per heavy atom. The number of rotatable bonds is 5. The maximum atomic E-state index is 6.34. The van der Waals surface area contributed by atoms with Gasteiger partial charge in [-0.05, 0) is 24.3 Å². The van der Waals surface area contributed by atoms with Gasteiger partial charge in [-0.2, -0.15) is 0 Å². The van der Waals surface area contributed by atoms with Crippen molar-refractivity contribution in [3.05, 3.63) is 76.6 Å². The van der Waals surface area contributed by atoms with Crippen LogP contribution in [0.3, 0.4) is 0 Å². The highest BCUT2D eigenvalue weighted by Gasteiger charge is 2.31. The summed E-state index contributed by atoms with van der Waals surface area (Å²) in [6, 6.07) is 13.4. The number of hydrogen-bond acceptors (Lipinski definition) is 7. The first-order valence-electron chi connectivity index (χ1n) is 10.8. The number of benzene rings is 2. The Hall–Kier alpha value is -3.69. The highest BCUT2D eigenvalue weighted by atomic mass is 35.5. The smallest absolute Gasteiger partial charge is 0.238 e. The molecule has 0 N–H and O–H groups in total. The molecular weight excluding hydrogens is 456 g/mol. The van der Waals surface area contributed by atoms with Gasteiger partial charge in [-0.3, -0.25) is 4.57 Å². The third kappa shape index (κ3) is 3.27. The van der Waals surface area contributed by atoms with E-state index in [2.05, 4.69) is 10.2 Å². The lowest BCUT2D eigenvalue weighted by atomic mass is 10.1. The molecule has 34 heavy (non-hydrogen) atoms. The van der Waals surface area contributed by atoms with Crippen molar-refractivity contribution in [2.24, 2.45) is 4.99 Å². The van der Waals surface area contributed by atoms with Crippen molar-refractivity contribution < 1.29 is 14.2 Å². The van der Waals surface area contributed by atoms with Crippen molar-refractivity contribution in [3.63, 3.8) is 0 Å². The Bertz CT molecular complexity index is 1430. The summed E-state index contributed by atoms with van der Waals surface area (Å²) in [5.74, 6) is 2.73. The number of ether oxygens (including phenoxy) is 3. The van der Waals surface area contributed by atoms with E-state index >= 15 is 0 Å². The fourth-order valence-electron chi connectivity index (χ4n) is 4.50. The lowest BCUT2D eigenvalue weighted by Crippen LogP contribution is -2.13. The van der Waals surface area contributed by atoms with Gasteiger partial charge in [-0.25, -0.2) is 9.98 Å². The van der Waals surface area contributed by atoms with Gasteiger partial charge in [-0.1, -0.05) is 29.8 Å². The normalized spacial score (nSPS) is 16.2. The van der Waals surface area contributed by atoms with Crippen LogP contribution in [0, 0.1) is 0 Å². The summed E-state index contributed by atoms with van der Waals surface area (Å²) >= 11 is 6.34. The topological polar surface area (TPSA) is 88.6 Å². The quantitative estimate of drug-likeness (QED) is 0.383. The number of fused-ring (bicyclic) bond motifs is 5. The first-order chi connectivity index (χ1) is 16.7. The molecule has 1 atom stereocenters. The number of aliphatic imine (C=N–C) groups is 1. The number of hydrogen-bond donors (Lipinski definition) is 0. The lowest BCUT2D eigenvalue weighted by molar-refractivity contribution is 0.174. The molecule has 0 radical (unpaired) electrons. The molecule has 4 heterocycles. The fraction of sp³-hybridized carbons (Fsp3) is 0.250. The fourth-order valence-corrected chi connectivity index (χ4v) is 4.67. The molecule has 2 aliphatic heterocycles. The van der Waals surface area contributed by atoms with Gasteiger partial charge in [0.15, 0.2) is 11.6 Å². The van der Waals surface area contributed by atoms with Gasteiger partial charge >= 0.3 is 0 Å². The summed E-state index contributed by atoms with van der Waals surface area (Å²) in [6.45, 7) is 1.23. The summed E-state index contributed by atoms with van der Waals surface area (Å²) in [7, 11) is 3.30. The summed E-state index contributed by atoms with van der Waals surface area (Å²) < 4.78 is 21.0. The SMILES string of the molecule is COCc1nnc2n1Cc1c(C3=N[C@@H](c4ccccc4OC)CO3)ncn1-c1ccc(Cl)cc1-2. The van der Waals surface area contributed by atoms with Crippen LogP contribution in [0.5, 0.6) is 5.75 Å². The van der Waals surface area contributed by atoms with Crippen LogP contribution < -0.4 is 4.74 Å². The zero-order valence-electron chi connectivity index (χ0n) is 18.6. The molecule has 0 saturated carbocycles. The monoisotopic (exact) mass is 476 g/mol. The average molecular weight is 477 g/mol. The Kier molecular flexibility index (Phi) is 5.08. The minimum atomic E-state index is -0.171. The van der Waals surface area contributed by atoms with Gasteiger partial charge in [-0.15, -0.1) is 10.2 Å². The molecule has 0 amide bonds. The van der Waals surface area contributed by atoms with Crippen LogP contribution >= 0.6 is 11.6 Å². The molecule has 2 aromatic heterocycles. The molecular formula is C24H21ClN6O3. The summed E-state index contributed by atoms with van der Waals surface area (Å²) in [5, 5.41) is 9.42. The van der Waals surface area contributed by atoms with Gasteiger partial charge in [0.2, 0.25) is 5.90 Å². The molecule has 0 unspecified atom stereocenters. The molecule has 4 aromatic rings. The van der Waals surface area contributed by atoms with Crippen molar-refractivity contribution in [1.29, 1.82) is 0 Å². The van der Waals surface area contributed by atoms with E-state index in [1.165, 1.54) is 0 Å². The molecule has 0 bridgehead atoms. The van der Waals surface area contributed by atoms with Crippen LogP contribution in [0.1, 0.15) is 28.8 Å². The third-order valence-electron chi connectivity index (χ3n) is 6.09. The summed E-state index contributed by atoms with van der Waals surface area (Å²) in [6.07, 6.45) is 1.79. The molecule has 2 aliphatic rings. The zero-order valence-corrected chi connectivity index (χ0v) is 19.4. The maximum Gasteiger partial charge on any atom is 0.238 e. The first-order valence-corrected chi connectivity index (χ1v) is 11.2. The van der Waals surface area contributed by atoms with Gasteiger partial charge in [0.25, 0.3) is 0 Å². The standard InChI is InChI=1S/C24H21ClN6O3/c1-32-12-21-28-29-23-16-9-14(25)7-8-18(16)31-13-26-22(19(31)10-30(21)23)24-27-17(11-34-24)15-5-3-4-6-20(15)33-2/h3-9,13,17H,10-12H2,1-2H3/t17-/m1/s1.